The van der Waals surface area contributed by atoms with E-state index in [0.29, 0.717) is 6.29 Å². The number of nitrogens with one attached hydrogen (secondary N) is 1. The number of benzene rings is 1. The summed E-state index contributed by atoms with van der Waals surface area (Å²) < 4.78 is 38.5. The molecule has 72 valence electrons. The first-order valence-corrected chi connectivity index (χ1v) is 3.75. The number of carbonyl (C=O) groups excluding carboxylic acids is 1. The maximum atomic E-state index is 13.1. The lowest BCUT2D eigenvalue weighted by molar-refractivity contribution is 0.112. The third-order valence-corrected chi connectivity index (χ3v) is 1.91. The van der Waals surface area contributed by atoms with Gasteiger partial charge in [-0.15, -0.1) is 0 Å². The molecule has 0 aliphatic carbocycles. The molecule has 0 saturated carbocycles. The van der Waals surface area contributed by atoms with Gasteiger partial charge in [-0.05, 0) is 6.07 Å². The number of aldehydes is 1. The number of halogens is 3. The summed E-state index contributed by atoms with van der Waals surface area (Å²) in [5, 5.41) is -0.133. The highest BCUT2D eigenvalue weighted by Crippen LogP contribution is 2.22. The molecule has 0 aliphatic rings. The number of H-pyrrole nitrogens is 1. The van der Waals surface area contributed by atoms with Crippen LogP contribution in [0.15, 0.2) is 12.1 Å². The number of carbonyl (C=O) groups is 1. The van der Waals surface area contributed by atoms with Crippen molar-refractivity contribution in [3.63, 3.8) is 0 Å². The molecule has 1 aromatic heterocycles. The number of aromatic nitrogens is 1. The summed E-state index contributed by atoms with van der Waals surface area (Å²) in [6, 6.07) is 1.93. The van der Waals surface area contributed by atoms with Gasteiger partial charge in [-0.2, -0.15) is 0 Å². The van der Waals surface area contributed by atoms with Crippen LogP contribution in [-0.2, 0) is 0 Å². The molecule has 1 aromatic carbocycles. The molecule has 2 rings (SSSR count). The lowest BCUT2D eigenvalue weighted by atomic mass is 10.2. The third kappa shape index (κ3) is 1.09. The Morgan fingerprint density at radius 3 is 2.50 bits per heavy atom. The van der Waals surface area contributed by atoms with Gasteiger partial charge in [0.2, 0.25) is 0 Å². The van der Waals surface area contributed by atoms with Gasteiger partial charge in [-0.1, -0.05) is 0 Å². The minimum Gasteiger partial charge on any atom is -0.352 e. The van der Waals surface area contributed by atoms with Crippen LogP contribution in [0.4, 0.5) is 13.2 Å². The Hall–Kier alpha value is -1.78. The van der Waals surface area contributed by atoms with Crippen LogP contribution in [-0.4, -0.2) is 11.3 Å². The zero-order chi connectivity index (χ0) is 10.3. The van der Waals surface area contributed by atoms with E-state index in [1.807, 2.05) is 0 Å². The summed E-state index contributed by atoms with van der Waals surface area (Å²) in [6.45, 7) is 0. The van der Waals surface area contributed by atoms with E-state index in [9.17, 15) is 18.0 Å². The molecule has 2 aromatic rings. The molecule has 5 heteroatoms. The highest BCUT2D eigenvalue weighted by molar-refractivity contribution is 5.88. The monoisotopic (exact) mass is 199 g/mol. The highest BCUT2D eigenvalue weighted by atomic mass is 19.2. The number of fused-ring (bicyclic) bond motifs is 1. The Balaban J connectivity index is 2.87. The van der Waals surface area contributed by atoms with Gasteiger partial charge in [-0.3, -0.25) is 4.79 Å². The zero-order valence-corrected chi connectivity index (χ0v) is 6.77. The summed E-state index contributed by atoms with van der Waals surface area (Å²) in [4.78, 5) is 12.8. The van der Waals surface area contributed by atoms with Gasteiger partial charge in [0.05, 0.1) is 11.2 Å². The molecule has 0 saturated heterocycles. The van der Waals surface area contributed by atoms with Crippen molar-refractivity contribution in [3.05, 3.63) is 35.3 Å². The molecule has 2 nitrogen and oxygen atoms in total. The van der Waals surface area contributed by atoms with Gasteiger partial charge in [0.25, 0.3) is 0 Å². The average molecular weight is 199 g/mol. The summed E-state index contributed by atoms with van der Waals surface area (Å²) in [5.74, 6) is -4.10. The van der Waals surface area contributed by atoms with E-state index in [-0.39, 0.29) is 16.6 Å². The number of hydrogen-bond donors (Lipinski definition) is 1. The molecule has 0 fully saturated rings. The van der Waals surface area contributed by atoms with Crippen molar-refractivity contribution >= 4 is 17.2 Å². The first kappa shape index (κ1) is 8.80. The molecule has 0 amide bonds. The smallest absolute Gasteiger partial charge is 0.195 e. The summed E-state index contributed by atoms with van der Waals surface area (Å²) in [5.41, 5.74) is 0.132. The normalized spacial score (nSPS) is 10.8. The number of hydrogen-bond acceptors (Lipinski definition) is 1. The largest absolute Gasteiger partial charge is 0.352 e. The fraction of sp³-hybridized carbons (Fsp3) is 0. The van der Waals surface area contributed by atoms with Crippen LogP contribution in [0.2, 0.25) is 0 Å². The molecule has 0 atom stereocenters. The van der Waals surface area contributed by atoms with Crippen molar-refractivity contribution in [1.82, 2.24) is 4.98 Å². The second kappa shape index (κ2) is 2.87. The van der Waals surface area contributed by atoms with Crippen molar-refractivity contribution in [1.29, 1.82) is 0 Å². The standard InChI is InChI=1S/C9H4F3NO/c10-6-2-7-5(8(11)9(6)12)1-4(3-14)13-7/h1-3,13H. The van der Waals surface area contributed by atoms with Crippen molar-refractivity contribution in [2.24, 2.45) is 0 Å². The average Bonchev–Trinajstić information content (AvgIpc) is 2.57. The van der Waals surface area contributed by atoms with Crippen molar-refractivity contribution in [2.75, 3.05) is 0 Å². The van der Waals surface area contributed by atoms with E-state index in [2.05, 4.69) is 4.98 Å². The zero-order valence-electron chi connectivity index (χ0n) is 6.77. The third-order valence-electron chi connectivity index (χ3n) is 1.91. The molecular formula is C9H4F3NO. The molecule has 0 unspecified atom stereocenters. The van der Waals surface area contributed by atoms with Gasteiger partial charge in [0, 0.05) is 11.5 Å². The summed E-state index contributed by atoms with van der Waals surface area (Å²) in [6.07, 6.45) is 0.440. The maximum absolute atomic E-state index is 13.1. The SMILES string of the molecule is O=Cc1cc2c(F)c(F)c(F)cc2[nH]1. The quantitative estimate of drug-likeness (QED) is 0.555. The second-order valence-electron chi connectivity index (χ2n) is 2.79. The molecule has 0 radical (unpaired) electrons. The second-order valence-corrected chi connectivity index (χ2v) is 2.79. The first-order chi connectivity index (χ1) is 6.63. The van der Waals surface area contributed by atoms with E-state index < -0.39 is 17.5 Å². The topological polar surface area (TPSA) is 32.9 Å². The predicted octanol–water partition coefficient (Wildman–Crippen LogP) is 2.40. The molecule has 0 aliphatic heterocycles. The number of aromatic amines is 1. The highest BCUT2D eigenvalue weighted by Gasteiger charge is 2.15. The van der Waals surface area contributed by atoms with Crippen molar-refractivity contribution in [3.8, 4) is 0 Å². The van der Waals surface area contributed by atoms with Gasteiger partial charge < -0.3 is 4.98 Å². The van der Waals surface area contributed by atoms with E-state index in [1.54, 1.807) is 0 Å². The molecular weight excluding hydrogens is 195 g/mol. The van der Waals surface area contributed by atoms with Crippen LogP contribution in [0.1, 0.15) is 10.5 Å². The fourth-order valence-corrected chi connectivity index (χ4v) is 1.26. The molecule has 0 bridgehead atoms. The van der Waals surface area contributed by atoms with Gasteiger partial charge in [0.15, 0.2) is 23.7 Å². The minimum atomic E-state index is -1.53. The number of rotatable bonds is 1. The van der Waals surface area contributed by atoms with E-state index in [4.69, 9.17) is 0 Å². The van der Waals surface area contributed by atoms with E-state index in [1.165, 1.54) is 0 Å². The minimum absolute atomic E-state index is 0.0588. The summed E-state index contributed by atoms with van der Waals surface area (Å²) >= 11 is 0. The molecule has 14 heavy (non-hydrogen) atoms. The molecule has 1 heterocycles. The predicted molar refractivity (Wildman–Crippen MR) is 43.6 cm³/mol. The van der Waals surface area contributed by atoms with Crippen LogP contribution < -0.4 is 0 Å². The van der Waals surface area contributed by atoms with Crippen LogP contribution >= 0.6 is 0 Å². The van der Waals surface area contributed by atoms with E-state index >= 15 is 0 Å². The lowest BCUT2D eigenvalue weighted by Gasteiger charge is -1.95. The van der Waals surface area contributed by atoms with Gasteiger partial charge in [0.1, 0.15) is 0 Å². The fourth-order valence-electron chi connectivity index (χ4n) is 1.26. The van der Waals surface area contributed by atoms with Crippen molar-refractivity contribution in [2.45, 2.75) is 0 Å². The van der Waals surface area contributed by atoms with Gasteiger partial charge in [-0.25, -0.2) is 13.2 Å². The van der Waals surface area contributed by atoms with Gasteiger partial charge >= 0.3 is 0 Å². The van der Waals surface area contributed by atoms with E-state index in [0.717, 1.165) is 12.1 Å². The Morgan fingerprint density at radius 1 is 1.14 bits per heavy atom. The Labute approximate surface area is 76.3 Å². The Kier molecular flexibility index (Phi) is 1.80. The Morgan fingerprint density at radius 2 is 1.86 bits per heavy atom. The molecule has 0 spiro atoms. The lowest BCUT2D eigenvalue weighted by Crippen LogP contribution is -1.90. The van der Waals surface area contributed by atoms with Crippen molar-refractivity contribution < 1.29 is 18.0 Å². The van der Waals surface area contributed by atoms with Crippen LogP contribution in [0.5, 0.6) is 0 Å². The summed E-state index contributed by atoms with van der Waals surface area (Å²) in [7, 11) is 0. The maximum Gasteiger partial charge on any atom is 0.195 e. The molecule has 1 N–H and O–H groups in total. The first-order valence-electron chi connectivity index (χ1n) is 3.75. The Bertz CT molecular complexity index is 518. The van der Waals surface area contributed by atoms with Crippen LogP contribution in [0.3, 0.4) is 0 Å². The van der Waals surface area contributed by atoms with Crippen LogP contribution in [0.25, 0.3) is 10.9 Å². The van der Waals surface area contributed by atoms with Crippen LogP contribution in [0, 0.1) is 17.5 Å².